The third-order valence-electron chi connectivity index (χ3n) is 10.9. The fourth-order valence-corrected chi connectivity index (χ4v) is 7.80. The number of piperidine rings is 1. The summed E-state index contributed by atoms with van der Waals surface area (Å²) in [6.45, 7) is 9.29. The maximum atomic E-state index is 13.3. The minimum Gasteiger partial charge on any atom is -0.493 e. The Morgan fingerprint density at radius 3 is 2.45 bits per heavy atom. The van der Waals surface area contributed by atoms with Gasteiger partial charge in [0.2, 0.25) is 11.8 Å². The lowest BCUT2D eigenvalue weighted by Crippen LogP contribution is -2.51. The summed E-state index contributed by atoms with van der Waals surface area (Å²) in [5.74, 6) is 1.06. The highest BCUT2D eigenvalue weighted by atomic mass is 16.5. The first-order valence-electron chi connectivity index (χ1n) is 19.5. The molecule has 14 nitrogen and oxygen atoms in total. The quantitative estimate of drug-likeness (QED) is 0.111. The van der Waals surface area contributed by atoms with E-state index in [2.05, 4.69) is 59.8 Å². The lowest BCUT2D eigenvalue weighted by Gasteiger charge is -2.35. The van der Waals surface area contributed by atoms with Crippen molar-refractivity contribution >= 4 is 45.3 Å². The standard InChI is InChI=1S/C44H42N8O6/c1-28-6-11-37(42(53)48-28)52-43(54)33-4-2-5-38(41(33)44(52)55)57-22-3-21-56-31-9-12-39(46-26-31)51-18-16-50(17-19-51)20-23-58-40-13-8-30(25-47-40)29-7-10-32-34-27-45-15-14-35(34)49-36(32)24-29/h2,4-5,7-10,12-15,24-27,37,49H,1,3,6,11,16-23H2,(H,48,53). The molecule has 1 unspecified atom stereocenters. The average Bonchev–Trinajstić information content (AvgIpc) is 3.75. The smallest absolute Gasteiger partial charge is 0.266 e. The molecule has 2 aromatic carbocycles. The zero-order valence-electron chi connectivity index (χ0n) is 31.9. The Bertz CT molecular complexity index is 2510. The fraction of sp³-hybridized carbons (Fsp3) is 0.273. The van der Waals surface area contributed by atoms with Crippen molar-refractivity contribution in [2.45, 2.75) is 25.3 Å². The van der Waals surface area contributed by atoms with Gasteiger partial charge in [0.1, 0.15) is 30.0 Å². The van der Waals surface area contributed by atoms with Gasteiger partial charge in [0.05, 0.1) is 30.5 Å². The van der Waals surface area contributed by atoms with Crippen molar-refractivity contribution in [1.82, 2.24) is 35.1 Å². The maximum absolute atomic E-state index is 13.3. The second kappa shape index (κ2) is 16.0. The first-order chi connectivity index (χ1) is 28.4. The molecule has 3 aliphatic heterocycles. The Hall–Kier alpha value is -6.80. The van der Waals surface area contributed by atoms with Gasteiger partial charge in [0.25, 0.3) is 11.8 Å². The van der Waals surface area contributed by atoms with Gasteiger partial charge in [0.15, 0.2) is 0 Å². The van der Waals surface area contributed by atoms with Crippen LogP contribution in [0.4, 0.5) is 5.82 Å². The lowest BCUT2D eigenvalue weighted by atomic mass is 10.0. The number of nitrogens with one attached hydrogen (secondary N) is 2. The number of imide groups is 1. The monoisotopic (exact) mass is 778 g/mol. The number of anilines is 1. The number of allylic oxidation sites excluding steroid dienone is 1. The van der Waals surface area contributed by atoms with E-state index < -0.39 is 23.8 Å². The molecule has 0 bridgehead atoms. The van der Waals surface area contributed by atoms with Gasteiger partial charge in [0, 0.05) is 96.9 Å². The van der Waals surface area contributed by atoms with E-state index in [1.165, 1.54) is 0 Å². The highest BCUT2D eigenvalue weighted by Crippen LogP contribution is 2.34. The average molecular weight is 779 g/mol. The predicted molar refractivity (Wildman–Crippen MR) is 218 cm³/mol. The summed E-state index contributed by atoms with van der Waals surface area (Å²) < 4.78 is 17.9. The molecule has 58 heavy (non-hydrogen) atoms. The van der Waals surface area contributed by atoms with Crippen molar-refractivity contribution in [2.24, 2.45) is 0 Å². The van der Waals surface area contributed by atoms with Gasteiger partial charge >= 0.3 is 0 Å². The van der Waals surface area contributed by atoms with E-state index in [0.29, 0.717) is 55.6 Å². The number of piperazine rings is 1. The van der Waals surface area contributed by atoms with E-state index in [0.717, 1.165) is 76.4 Å². The van der Waals surface area contributed by atoms with E-state index in [4.69, 9.17) is 14.2 Å². The number of amides is 3. The topological polar surface area (TPSA) is 155 Å². The third kappa shape index (κ3) is 7.41. The first-order valence-corrected chi connectivity index (χ1v) is 19.5. The second-order valence-corrected chi connectivity index (χ2v) is 14.6. The van der Waals surface area contributed by atoms with Gasteiger partial charge in [-0.3, -0.25) is 29.2 Å². The first kappa shape index (κ1) is 36.8. The number of rotatable bonds is 13. The van der Waals surface area contributed by atoms with Crippen molar-refractivity contribution < 1.29 is 28.6 Å². The van der Waals surface area contributed by atoms with E-state index in [-0.39, 0.29) is 17.7 Å². The van der Waals surface area contributed by atoms with E-state index in [1.807, 2.05) is 42.7 Å². The van der Waals surface area contributed by atoms with Crippen molar-refractivity contribution in [3.05, 3.63) is 115 Å². The SMILES string of the molecule is C=C1CCC(N2C(=O)c3cccc(OCCCOc4ccc(N5CCN(CCOc6ccc(-c7ccc8c(c7)[nH]c7ccncc78)cn6)CC5)nc4)c3C2=O)C(=O)N1. The molecule has 9 rings (SSSR count). The molecule has 0 aliphatic carbocycles. The molecule has 2 saturated heterocycles. The number of aromatic nitrogens is 4. The van der Waals surface area contributed by atoms with Gasteiger partial charge in [-0.05, 0) is 60.9 Å². The van der Waals surface area contributed by atoms with E-state index in [1.54, 1.807) is 30.6 Å². The van der Waals surface area contributed by atoms with Crippen molar-refractivity contribution in [2.75, 3.05) is 57.4 Å². The Morgan fingerprint density at radius 1 is 0.776 bits per heavy atom. The highest BCUT2D eigenvalue weighted by Gasteiger charge is 2.45. The number of benzene rings is 2. The lowest BCUT2D eigenvalue weighted by molar-refractivity contribution is -0.125. The zero-order valence-corrected chi connectivity index (χ0v) is 31.9. The molecule has 2 fully saturated rings. The largest absolute Gasteiger partial charge is 0.493 e. The summed E-state index contributed by atoms with van der Waals surface area (Å²) in [5.41, 5.74) is 5.27. The van der Waals surface area contributed by atoms with Crippen molar-refractivity contribution in [1.29, 1.82) is 0 Å². The Morgan fingerprint density at radius 2 is 1.64 bits per heavy atom. The Labute approximate surface area is 334 Å². The predicted octanol–water partition coefficient (Wildman–Crippen LogP) is 5.61. The normalized spacial score (nSPS) is 17.2. The van der Waals surface area contributed by atoms with Crippen LogP contribution in [0.25, 0.3) is 32.9 Å². The third-order valence-corrected chi connectivity index (χ3v) is 10.9. The highest BCUT2D eigenvalue weighted by molar-refractivity contribution is 6.24. The van der Waals surface area contributed by atoms with Crippen LogP contribution in [0, 0.1) is 0 Å². The number of fused-ring (bicyclic) bond motifs is 4. The van der Waals surface area contributed by atoms with Crippen molar-refractivity contribution in [3.8, 4) is 28.5 Å². The van der Waals surface area contributed by atoms with Gasteiger partial charge in [-0.2, -0.15) is 0 Å². The van der Waals surface area contributed by atoms with E-state index >= 15 is 0 Å². The number of carbonyl (C=O) groups is 3. The molecule has 0 radical (unpaired) electrons. The number of aromatic amines is 1. The number of pyridine rings is 3. The molecular weight excluding hydrogens is 737 g/mol. The Balaban J connectivity index is 0.686. The van der Waals surface area contributed by atoms with Crippen LogP contribution in [-0.4, -0.2) is 106 Å². The van der Waals surface area contributed by atoms with Crippen LogP contribution in [0.3, 0.4) is 0 Å². The minimum absolute atomic E-state index is 0.189. The van der Waals surface area contributed by atoms with Gasteiger partial charge in [-0.25, -0.2) is 9.97 Å². The number of ether oxygens (including phenoxy) is 3. The molecule has 3 amide bonds. The molecular formula is C44H42N8O6. The molecule has 1 atom stereocenters. The van der Waals surface area contributed by atoms with Gasteiger partial charge in [-0.1, -0.05) is 24.8 Å². The molecule has 7 heterocycles. The van der Waals surface area contributed by atoms with Crippen molar-refractivity contribution in [3.63, 3.8) is 0 Å². The fourth-order valence-electron chi connectivity index (χ4n) is 7.80. The number of carbonyl (C=O) groups excluding carboxylic acids is 3. The number of H-pyrrole nitrogens is 1. The van der Waals surface area contributed by atoms with Crippen LogP contribution in [0.5, 0.6) is 17.4 Å². The van der Waals surface area contributed by atoms with Crippen LogP contribution < -0.4 is 24.4 Å². The number of hydrogen-bond donors (Lipinski definition) is 2. The Kier molecular flexibility index (Phi) is 10.1. The summed E-state index contributed by atoms with van der Waals surface area (Å²) in [6.07, 6.45) is 8.65. The summed E-state index contributed by atoms with van der Waals surface area (Å²) >= 11 is 0. The number of hydrogen-bond acceptors (Lipinski definition) is 11. The van der Waals surface area contributed by atoms with Crippen LogP contribution in [0.15, 0.2) is 104 Å². The minimum atomic E-state index is -0.873. The van der Waals surface area contributed by atoms with Crippen LogP contribution in [0.2, 0.25) is 0 Å². The molecule has 2 N–H and O–H groups in total. The molecule has 6 aromatic rings. The van der Waals surface area contributed by atoms with E-state index in [9.17, 15) is 14.4 Å². The molecule has 14 heteroatoms. The van der Waals surface area contributed by atoms with Crippen LogP contribution in [-0.2, 0) is 4.79 Å². The number of nitrogens with zero attached hydrogens (tertiary/aromatic N) is 6. The summed E-state index contributed by atoms with van der Waals surface area (Å²) in [4.78, 5) is 61.7. The molecule has 3 aliphatic rings. The molecule has 0 saturated carbocycles. The summed E-state index contributed by atoms with van der Waals surface area (Å²) in [5, 5.41) is 4.92. The van der Waals surface area contributed by atoms with Crippen LogP contribution in [0.1, 0.15) is 40.0 Å². The zero-order chi connectivity index (χ0) is 39.6. The van der Waals surface area contributed by atoms with Gasteiger partial charge < -0.3 is 29.4 Å². The molecule has 294 valence electrons. The van der Waals surface area contributed by atoms with Gasteiger partial charge in [-0.15, -0.1) is 0 Å². The molecule has 4 aromatic heterocycles. The summed E-state index contributed by atoms with van der Waals surface area (Å²) in [7, 11) is 0. The summed E-state index contributed by atoms with van der Waals surface area (Å²) in [6, 6.07) is 20.3. The maximum Gasteiger partial charge on any atom is 0.266 e. The second-order valence-electron chi connectivity index (χ2n) is 14.6. The molecule has 0 spiro atoms. The van der Waals surface area contributed by atoms with Crippen LogP contribution >= 0.6 is 0 Å².